The Morgan fingerprint density at radius 2 is 1.54 bits per heavy atom. The molecule has 28 heavy (non-hydrogen) atoms. The van der Waals surface area contributed by atoms with Gasteiger partial charge in [-0.05, 0) is 24.1 Å². The van der Waals surface area contributed by atoms with E-state index in [1.54, 1.807) is 36.4 Å². The van der Waals surface area contributed by atoms with Crippen molar-refractivity contribution >= 4 is 24.0 Å². The molecule has 1 heterocycles. The molecule has 1 aliphatic rings. The third kappa shape index (κ3) is 3.62. The number of rotatable bonds is 8. The van der Waals surface area contributed by atoms with E-state index in [9.17, 15) is 19.2 Å². The number of imide groups is 1. The first kappa shape index (κ1) is 19.2. The Bertz CT molecular complexity index is 888. The largest absolute Gasteiger partial charge is 0.347 e. The monoisotopic (exact) mass is 376 g/mol. The van der Waals surface area contributed by atoms with E-state index in [-0.39, 0.29) is 24.0 Å². The Morgan fingerprint density at radius 1 is 0.964 bits per heavy atom. The summed E-state index contributed by atoms with van der Waals surface area (Å²) in [6, 6.07) is 14.0. The molecule has 1 N–H and O–H groups in total. The molecule has 0 radical (unpaired) electrons. The van der Waals surface area contributed by atoms with Gasteiger partial charge in [-0.15, -0.1) is 6.58 Å². The van der Waals surface area contributed by atoms with Gasteiger partial charge in [0.1, 0.15) is 12.3 Å². The average molecular weight is 376 g/mol. The van der Waals surface area contributed by atoms with Gasteiger partial charge < -0.3 is 10.1 Å². The molecule has 3 rings (SSSR count). The van der Waals surface area contributed by atoms with Gasteiger partial charge in [-0.1, -0.05) is 48.5 Å². The molecule has 2 aromatic carbocycles. The van der Waals surface area contributed by atoms with Crippen molar-refractivity contribution in [3.05, 3.63) is 83.9 Å². The van der Waals surface area contributed by atoms with Crippen LogP contribution >= 0.6 is 0 Å². The van der Waals surface area contributed by atoms with Crippen molar-refractivity contribution in [3.63, 3.8) is 0 Å². The van der Waals surface area contributed by atoms with Crippen molar-refractivity contribution in [2.24, 2.45) is 0 Å². The summed E-state index contributed by atoms with van der Waals surface area (Å²) in [4.78, 5) is 50.6. The maximum Gasteiger partial charge on any atom is 0.262 e. The molecule has 142 valence electrons. The number of carbonyl (C=O) groups is 4. The molecule has 2 atom stereocenters. The normalized spacial score (nSPS) is 14.9. The molecule has 0 bridgehead atoms. The molecule has 0 saturated heterocycles. The topological polar surface area (TPSA) is 83.6 Å². The highest BCUT2D eigenvalue weighted by atomic mass is 16.2. The van der Waals surface area contributed by atoms with Gasteiger partial charge >= 0.3 is 0 Å². The van der Waals surface area contributed by atoms with E-state index in [1.165, 1.54) is 6.08 Å². The van der Waals surface area contributed by atoms with Gasteiger partial charge in [-0.3, -0.25) is 19.3 Å². The maximum atomic E-state index is 13.0. The lowest BCUT2D eigenvalue weighted by molar-refractivity contribution is -0.125. The predicted octanol–water partition coefficient (Wildman–Crippen LogP) is 2.67. The Labute approximate surface area is 162 Å². The molecule has 2 aromatic rings. The number of benzene rings is 2. The first-order valence-corrected chi connectivity index (χ1v) is 8.95. The number of nitrogens with zero attached hydrogens (tertiary/aromatic N) is 1. The quantitative estimate of drug-likeness (QED) is 0.436. The summed E-state index contributed by atoms with van der Waals surface area (Å²) in [6.07, 6.45) is 2.41. The van der Waals surface area contributed by atoms with Crippen LogP contribution in [0.3, 0.4) is 0 Å². The molecule has 0 aliphatic carbocycles. The summed E-state index contributed by atoms with van der Waals surface area (Å²) in [6.45, 7) is 3.64. The fourth-order valence-corrected chi connectivity index (χ4v) is 3.31. The summed E-state index contributed by atoms with van der Waals surface area (Å²) < 4.78 is 0. The van der Waals surface area contributed by atoms with Gasteiger partial charge in [0.2, 0.25) is 5.91 Å². The fraction of sp³-hybridized carbons (Fsp3) is 0.182. The highest BCUT2D eigenvalue weighted by molar-refractivity contribution is 6.22. The third-order valence-corrected chi connectivity index (χ3v) is 4.68. The summed E-state index contributed by atoms with van der Waals surface area (Å²) in [7, 11) is 0. The zero-order chi connectivity index (χ0) is 20.1. The fourth-order valence-electron chi connectivity index (χ4n) is 3.31. The molecule has 0 aromatic heterocycles. The second kappa shape index (κ2) is 8.43. The molecule has 0 saturated carbocycles. The van der Waals surface area contributed by atoms with Crippen LogP contribution in [0.1, 0.15) is 45.2 Å². The van der Waals surface area contributed by atoms with Crippen LogP contribution in [0.15, 0.2) is 67.3 Å². The lowest BCUT2D eigenvalue weighted by atomic mass is 10.0. The maximum absolute atomic E-state index is 13.0. The smallest absolute Gasteiger partial charge is 0.262 e. The summed E-state index contributed by atoms with van der Waals surface area (Å²) in [5.74, 6) is -1.52. The molecule has 0 spiro atoms. The van der Waals surface area contributed by atoms with Crippen LogP contribution in [-0.2, 0) is 9.59 Å². The Kier molecular flexibility index (Phi) is 5.79. The van der Waals surface area contributed by atoms with Gasteiger partial charge in [0.05, 0.1) is 17.2 Å². The van der Waals surface area contributed by atoms with Crippen LogP contribution in [0.4, 0.5) is 0 Å². The van der Waals surface area contributed by atoms with Crippen LogP contribution < -0.4 is 5.32 Å². The number of hydrogen-bond donors (Lipinski definition) is 1. The van der Waals surface area contributed by atoms with Crippen molar-refractivity contribution in [2.45, 2.75) is 24.9 Å². The average Bonchev–Trinajstić information content (AvgIpc) is 2.97. The molecule has 6 heteroatoms. The van der Waals surface area contributed by atoms with Crippen molar-refractivity contribution < 1.29 is 19.2 Å². The van der Waals surface area contributed by atoms with E-state index in [0.717, 1.165) is 16.7 Å². The Morgan fingerprint density at radius 3 is 2.07 bits per heavy atom. The van der Waals surface area contributed by atoms with Crippen LogP contribution in [0, 0.1) is 0 Å². The molecule has 6 nitrogen and oxygen atoms in total. The molecule has 3 amide bonds. The van der Waals surface area contributed by atoms with Gasteiger partial charge in [0.25, 0.3) is 11.8 Å². The van der Waals surface area contributed by atoms with Gasteiger partial charge in [-0.25, -0.2) is 0 Å². The number of fused-ring (bicyclic) bond motifs is 1. The first-order chi connectivity index (χ1) is 13.6. The van der Waals surface area contributed by atoms with Gasteiger partial charge in [0, 0.05) is 6.42 Å². The van der Waals surface area contributed by atoms with Crippen LogP contribution in [-0.4, -0.2) is 34.9 Å². The number of aldehydes is 1. The second-order valence-corrected chi connectivity index (χ2v) is 6.44. The van der Waals surface area contributed by atoms with Crippen LogP contribution in [0.25, 0.3) is 0 Å². The molecule has 1 aliphatic heterocycles. The van der Waals surface area contributed by atoms with E-state index in [0.29, 0.717) is 0 Å². The Hall–Kier alpha value is -3.54. The van der Waals surface area contributed by atoms with Gasteiger partial charge in [0.15, 0.2) is 0 Å². The minimum Gasteiger partial charge on any atom is -0.347 e. The minimum absolute atomic E-state index is 0.0820. The second-order valence-electron chi connectivity index (χ2n) is 6.44. The van der Waals surface area contributed by atoms with E-state index < -0.39 is 29.8 Å². The summed E-state index contributed by atoms with van der Waals surface area (Å²) in [5, 5.41) is 2.80. The zero-order valence-corrected chi connectivity index (χ0v) is 15.2. The lowest BCUT2D eigenvalue weighted by Crippen LogP contribution is -2.50. The van der Waals surface area contributed by atoms with Crippen molar-refractivity contribution in [1.82, 2.24) is 10.2 Å². The first-order valence-electron chi connectivity index (χ1n) is 8.95. The molecular formula is C22H20N2O4. The van der Waals surface area contributed by atoms with E-state index in [1.807, 2.05) is 18.2 Å². The predicted molar refractivity (Wildman–Crippen MR) is 104 cm³/mol. The number of amides is 3. The SMILES string of the molecule is C=CC[C@H](C(=O)N[C@H](CC=O)c1ccccc1)N1C(=O)c2ccccc2C1=O. The highest BCUT2D eigenvalue weighted by Crippen LogP contribution is 2.26. The number of nitrogens with one attached hydrogen (secondary N) is 1. The summed E-state index contributed by atoms with van der Waals surface area (Å²) >= 11 is 0. The lowest BCUT2D eigenvalue weighted by Gasteiger charge is -2.27. The van der Waals surface area contributed by atoms with E-state index >= 15 is 0 Å². The number of carbonyl (C=O) groups excluding carboxylic acids is 4. The van der Waals surface area contributed by atoms with Crippen molar-refractivity contribution in [3.8, 4) is 0 Å². The standard InChI is InChI=1S/C22H20N2O4/c1-2-8-19(24-21(27)16-11-6-7-12-17(16)22(24)28)20(26)23-18(13-14-25)15-9-4-3-5-10-15/h2-7,9-12,14,18-19H,1,8,13H2,(H,23,26)/t18-,19-/m1/s1. The third-order valence-electron chi connectivity index (χ3n) is 4.68. The van der Waals surface area contributed by atoms with E-state index in [4.69, 9.17) is 0 Å². The molecule has 0 unspecified atom stereocenters. The van der Waals surface area contributed by atoms with E-state index in [2.05, 4.69) is 11.9 Å². The van der Waals surface area contributed by atoms with Crippen molar-refractivity contribution in [1.29, 1.82) is 0 Å². The highest BCUT2D eigenvalue weighted by Gasteiger charge is 2.42. The van der Waals surface area contributed by atoms with Crippen LogP contribution in [0.2, 0.25) is 0 Å². The molecule has 0 fully saturated rings. The van der Waals surface area contributed by atoms with Crippen molar-refractivity contribution in [2.75, 3.05) is 0 Å². The molecular weight excluding hydrogens is 356 g/mol. The van der Waals surface area contributed by atoms with Gasteiger partial charge in [-0.2, -0.15) is 0 Å². The Balaban J connectivity index is 1.87. The number of hydrogen-bond acceptors (Lipinski definition) is 4. The van der Waals surface area contributed by atoms with Crippen LogP contribution in [0.5, 0.6) is 0 Å². The summed E-state index contributed by atoms with van der Waals surface area (Å²) in [5.41, 5.74) is 1.33. The minimum atomic E-state index is -1.04. The zero-order valence-electron chi connectivity index (χ0n) is 15.2.